The Kier molecular flexibility index (Phi) is 4.27. The van der Waals surface area contributed by atoms with Crippen LogP contribution in [0.5, 0.6) is 0 Å². The second-order valence-electron chi connectivity index (χ2n) is 5.18. The largest absolute Gasteiger partial charge is 0.378 e. The molecule has 0 bridgehead atoms. The minimum absolute atomic E-state index is 0.0331. The number of carbonyl (C=O) groups is 2. The first-order chi connectivity index (χ1) is 9.52. The van der Waals surface area contributed by atoms with Gasteiger partial charge in [-0.1, -0.05) is 13.0 Å². The highest BCUT2D eigenvalue weighted by Gasteiger charge is 2.29. The van der Waals surface area contributed by atoms with Crippen LogP contribution in [0.15, 0.2) is 24.3 Å². The van der Waals surface area contributed by atoms with Gasteiger partial charge in [-0.05, 0) is 24.6 Å². The van der Waals surface area contributed by atoms with E-state index in [1.54, 1.807) is 4.90 Å². The summed E-state index contributed by atoms with van der Waals surface area (Å²) in [6.07, 6.45) is 0.947. The lowest BCUT2D eigenvalue weighted by Crippen LogP contribution is -2.44. The third kappa shape index (κ3) is 2.92. The minimum atomic E-state index is -0.423. The van der Waals surface area contributed by atoms with E-state index in [1.807, 2.05) is 50.2 Å². The topological polar surface area (TPSA) is 52.7 Å². The lowest BCUT2D eigenvalue weighted by molar-refractivity contribution is -0.125. The van der Waals surface area contributed by atoms with Crippen LogP contribution in [0.3, 0.4) is 0 Å². The summed E-state index contributed by atoms with van der Waals surface area (Å²) in [5.41, 5.74) is 1.88. The van der Waals surface area contributed by atoms with Crippen LogP contribution >= 0.6 is 0 Å². The lowest BCUT2D eigenvalue weighted by Gasteiger charge is -2.25. The molecule has 1 aromatic carbocycles. The third-order valence-corrected chi connectivity index (χ3v) is 3.53. The van der Waals surface area contributed by atoms with Crippen molar-refractivity contribution in [1.82, 2.24) is 5.32 Å². The number of amides is 2. The molecule has 2 rings (SSSR count). The van der Waals surface area contributed by atoms with Crippen LogP contribution in [-0.2, 0) is 9.59 Å². The molecule has 1 unspecified atom stereocenters. The van der Waals surface area contributed by atoms with E-state index in [1.165, 1.54) is 0 Å². The van der Waals surface area contributed by atoms with Gasteiger partial charge in [0.15, 0.2) is 0 Å². The number of carbonyl (C=O) groups excluding carboxylic acids is 2. The summed E-state index contributed by atoms with van der Waals surface area (Å²) in [4.78, 5) is 27.9. The van der Waals surface area contributed by atoms with E-state index >= 15 is 0 Å². The number of rotatable bonds is 3. The van der Waals surface area contributed by atoms with Gasteiger partial charge in [0, 0.05) is 38.4 Å². The van der Waals surface area contributed by atoms with Gasteiger partial charge in [-0.25, -0.2) is 0 Å². The summed E-state index contributed by atoms with van der Waals surface area (Å²) in [7, 11) is 3.92. The highest BCUT2D eigenvalue weighted by Crippen LogP contribution is 2.23. The van der Waals surface area contributed by atoms with E-state index in [-0.39, 0.29) is 11.8 Å². The molecule has 1 aromatic rings. The molecule has 0 aromatic heterocycles. The van der Waals surface area contributed by atoms with Crippen LogP contribution in [0.2, 0.25) is 0 Å². The highest BCUT2D eigenvalue weighted by molar-refractivity contribution is 6.01. The second-order valence-corrected chi connectivity index (χ2v) is 5.18. The highest BCUT2D eigenvalue weighted by atomic mass is 16.2. The Bertz CT molecular complexity index is 514. The molecule has 0 radical (unpaired) electrons. The van der Waals surface area contributed by atoms with Crippen molar-refractivity contribution in [3.05, 3.63) is 24.3 Å². The van der Waals surface area contributed by atoms with Crippen LogP contribution in [0.25, 0.3) is 0 Å². The molecule has 1 atom stereocenters. The molecular formula is C15H21N3O2. The second kappa shape index (κ2) is 5.94. The minimum Gasteiger partial charge on any atom is -0.378 e. The van der Waals surface area contributed by atoms with E-state index in [4.69, 9.17) is 0 Å². The maximum absolute atomic E-state index is 12.5. The first kappa shape index (κ1) is 14.4. The molecule has 1 aliphatic heterocycles. The van der Waals surface area contributed by atoms with Crippen molar-refractivity contribution < 1.29 is 9.59 Å². The van der Waals surface area contributed by atoms with Gasteiger partial charge in [0.25, 0.3) is 0 Å². The predicted octanol–water partition coefficient (Wildman–Crippen LogP) is 1.38. The number of benzene rings is 1. The zero-order chi connectivity index (χ0) is 14.7. The van der Waals surface area contributed by atoms with Crippen LogP contribution in [0, 0.1) is 0 Å². The molecule has 2 amide bonds. The quantitative estimate of drug-likeness (QED) is 0.907. The molecule has 1 aliphatic rings. The third-order valence-electron chi connectivity index (χ3n) is 3.53. The van der Waals surface area contributed by atoms with Gasteiger partial charge in [0.1, 0.15) is 6.04 Å². The first-order valence-corrected chi connectivity index (χ1v) is 6.91. The molecular weight excluding hydrogens is 254 g/mol. The summed E-state index contributed by atoms with van der Waals surface area (Å²) in [5, 5.41) is 2.77. The van der Waals surface area contributed by atoms with Gasteiger partial charge in [0.05, 0.1) is 0 Å². The van der Waals surface area contributed by atoms with Gasteiger partial charge in [-0.2, -0.15) is 0 Å². The molecule has 1 heterocycles. The number of hydrogen-bond acceptors (Lipinski definition) is 3. The molecule has 20 heavy (non-hydrogen) atoms. The zero-order valence-electron chi connectivity index (χ0n) is 12.2. The Morgan fingerprint density at radius 1 is 1.35 bits per heavy atom. The summed E-state index contributed by atoms with van der Waals surface area (Å²) in [5.74, 6) is -0.0919. The fourth-order valence-corrected chi connectivity index (χ4v) is 2.31. The monoisotopic (exact) mass is 275 g/mol. The molecule has 1 N–H and O–H groups in total. The Morgan fingerprint density at radius 3 is 2.75 bits per heavy atom. The number of hydrogen-bond donors (Lipinski definition) is 1. The van der Waals surface area contributed by atoms with Crippen molar-refractivity contribution in [3.8, 4) is 0 Å². The van der Waals surface area contributed by atoms with Gasteiger partial charge >= 0.3 is 0 Å². The van der Waals surface area contributed by atoms with Crippen molar-refractivity contribution in [2.45, 2.75) is 25.8 Å². The average Bonchev–Trinajstić information content (AvgIpc) is 2.58. The molecule has 108 valence electrons. The average molecular weight is 275 g/mol. The predicted molar refractivity (Wildman–Crippen MR) is 80.0 cm³/mol. The number of anilines is 2. The van der Waals surface area contributed by atoms with E-state index < -0.39 is 6.04 Å². The van der Waals surface area contributed by atoms with Crippen molar-refractivity contribution in [2.24, 2.45) is 0 Å². The zero-order valence-corrected chi connectivity index (χ0v) is 12.2. The molecule has 5 heteroatoms. The number of nitrogens with zero attached hydrogens (tertiary/aromatic N) is 2. The summed E-state index contributed by atoms with van der Waals surface area (Å²) < 4.78 is 0. The molecule has 0 spiro atoms. The van der Waals surface area contributed by atoms with Gasteiger partial charge < -0.3 is 15.1 Å². The smallest absolute Gasteiger partial charge is 0.249 e. The van der Waals surface area contributed by atoms with Gasteiger partial charge in [-0.3, -0.25) is 9.59 Å². The van der Waals surface area contributed by atoms with E-state index in [9.17, 15) is 9.59 Å². The van der Waals surface area contributed by atoms with Crippen LogP contribution in [-0.4, -0.2) is 38.5 Å². The van der Waals surface area contributed by atoms with E-state index in [0.29, 0.717) is 19.4 Å². The van der Waals surface area contributed by atoms with Crippen LogP contribution < -0.4 is 15.1 Å². The Labute approximate surface area is 119 Å². The normalized spacial score (nSPS) is 19.6. The molecule has 5 nitrogen and oxygen atoms in total. The fourth-order valence-electron chi connectivity index (χ4n) is 2.31. The Hall–Kier alpha value is -2.04. The van der Waals surface area contributed by atoms with Gasteiger partial charge in [0.2, 0.25) is 11.8 Å². The maximum Gasteiger partial charge on any atom is 0.249 e. The van der Waals surface area contributed by atoms with Gasteiger partial charge in [-0.15, -0.1) is 0 Å². The number of nitrogens with one attached hydrogen (secondary N) is 1. The summed E-state index contributed by atoms with van der Waals surface area (Å²) in [6.45, 7) is 2.33. The maximum atomic E-state index is 12.5. The van der Waals surface area contributed by atoms with Crippen molar-refractivity contribution in [3.63, 3.8) is 0 Å². The molecule has 0 aliphatic carbocycles. The Morgan fingerprint density at radius 2 is 2.10 bits per heavy atom. The fraction of sp³-hybridized carbons (Fsp3) is 0.467. The Balaban J connectivity index is 2.32. The summed E-state index contributed by atoms with van der Waals surface area (Å²) >= 11 is 0. The molecule has 0 saturated carbocycles. The summed E-state index contributed by atoms with van der Waals surface area (Å²) in [6, 6.07) is 7.38. The van der Waals surface area contributed by atoms with Crippen LogP contribution in [0.4, 0.5) is 11.4 Å². The lowest BCUT2D eigenvalue weighted by atomic mass is 10.1. The van der Waals surface area contributed by atoms with Crippen molar-refractivity contribution in [2.75, 3.05) is 30.4 Å². The van der Waals surface area contributed by atoms with E-state index in [0.717, 1.165) is 11.4 Å². The first-order valence-electron chi connectivity index (χ1n) is 6.91. The van der Waals surface area contributed by atoms with Crippen molar-refractivity contribution in [1.29, 1.82) is 0 Å². The van der Waals surface area contributed by atoms with E-state index in [2.05, 4.69) is 5.32 Å². The van der Waals surface area contributed by atoms with Crippen LogP contribution in [0.1, 0.15) is 19.8 Å². The molecule has 1 fully saturated rings. The van der Waals surface area contributed by atoms with Crippen molar-refractivity contribution >= 4 is 23.2 Å². The SMILES string of the molecule is CCC1NC(=O)CCN(c2cccc(N(C)C)c2)C1=O. The standard InChI is InChI=1S/C15H21N3O2/c1-4-13-15(20)18(9-8-14(19)16-13)12-7-5-6-11(10-12)17(2)3/h5-7,10,13H,4,8-9H2,1-3H3,(H,16,19). The molecule has 1 saturated heterocycles.